The summed E-state index contributed by atoms with van der Waals surface area (Å²) in [4.78, 5) is 38.0. The molecule has 0 heterocycles. The molecule has 0 spiro atoms. The Labute approximate surface area is 392 Å². The maximum atomic E-state index is 12.8. The molecule has 6 heteroatoms. The van der Waals surface area contributed by atoms with Crippen LogP contribution in [0.15, 0.2) is 122 Å². The van der Waals surface area contributed by atoms with Crippen molar-refractivity contribution in [2.45, 2.75) is 213 Å². The monoisotopic (exact) mass is 885 g/mol. The van der Waals surface area contributed by atoms with Gasteiger partial charge in [-0.2, -0.15) is 0 Å². The minimum Gasteiger partial charge on any atom is -0.462 e. The van der Waals surface area contributed by atoms with E-state index in [1.54, 1.807) is 0 Å². The van der Waals surface area contributed by atoms with E-state index in [0.29, 0.717) is 19.3 Å². The second-order valence-electron chi connectivity index (χ2n) is 16.5. The smallest absolute Gasteiger partial charge is 0.306 e. The van der Waals surface area contributed by atoms with Gasteiger partial charge in [0.1, 0.15) is 13.2 Å². The van der Waals surface area contributed by atoms with Crippen molar-refractivity contribution in [1.29, 1.82) is 0 Å². The number of carbonyl (C=O) groups is 3. The van der Waals surface area contributed by atoms with Gasteiger partial charge in [0.15, 0.2) is 6.10 Å². The fourth-order valence-corrected chi connectivity index (χ4v) is 6.57. The number of rotatable bonds is 44. The van der Waals surface area contributed by atoms with Gasteiger partial charge in [-0.15, -0.1) is 0 Å². The van der Waals surface area contributed by atoms with Crippen molar-refractivity contribution in [1.82, 2.24) is 0 Å². The Morgan fingerprint density at radius 3 is 0.953 bits per heavy atom. The quantitative estimate of drug-likeness (QED) is 0.0262. The van der Waals surface area contributed by atoms with E-state index in [1.807, 2.05) is 0 Å². The molecule has 1 atom stereocenters. The molecule has 0 aromatic rings. The molecule has 0 N–H and O–H groups in total. The lowest BCUT2D eigenvalue weighted by atomic mass is 10.1. The molecule has 0 saturated carbocycles. The molecule has 0 aliphatic rings. The zero-order chi connectivity index (χ0) is 46.5. The highest BCUT2D eigenvalue weighted by Crippen LogP contribution is 2.13. The number of esters is 3. The van der Waals surface area contributed by atoms with Crippen molar-refractivity contribution in [2.24, 2.45) is 0 Å². The van der Waals surface area contributed by atoms with Crippen LogP contribution in [0.1, 0.15) is 207 Å². The van der Waals surface area contributed by atoms with Crippen LogP contribution in [-0.2, 0) is 28.6 Å². The molecule has 0 fully saturated rings. The first-order chi connectivity index (χ1) is 31.5. The van der Waals surface area contributed by atoms with Crippen LogP contribution in [-0.4, -0.2) is 37.2 Å². The van der Waals surface area contributed by atoms with Gasteiger partial charge in [0.05, 0.1) is 0 Å². The third kappa shape index (κ3) is 48.8. The van der Waals surface area contributed by atoms with Gasteiger partial charge < -0.3 is 14.2 Å². The molecular weight excluding hydrogens is 793 g/mol. The lowest BCUT2D eigenvalue weighted by Gasteiger charge is -2.18. The molecule has 0 aromatic carbocycles. The highest BCUT2D eigenvalue weighted by atomic mass is 16.6. The summed E-state index contributed by atoms with van der Waals surface area (Å²) in [5.41, 5.74) is 0. The van der Waals surface area contributed by atoms with Gasteiger partial charge in [-0.25, -0.2) is 0 Å². The predicted molar refractivity (Wildman–Crippen MR) is 274 cm³/mol. The summed E-state index contributed by atoms with van der Waals surface area (Å²) in [7, 11) is 0. The van der Waals surface area contributed by atoms with Crippen molar-refractivity contribution in [2.75, 3.05) is 13.2 Å². The van der Waals surface area contributed by atoms with Crippen LogP contribution < -0.4 is 0 Å². The first-order valence-electron chi connectivity index (χ1n) is 25.7. The summed E-state index contributed by atoms with van der Waals surface area (Å²) >= 11 is 0. The SMILES string of the molecule is CC\C=C/C=C\C=C/CCCCCCCCCC(=O)OC(COC(=O)CCCCCCC\C=C/C=C\C=C/C=C\CCCCC)COC(=O)CCCCCCC\C=C/C=C\C=C/CC. The van der Waals surface area contributed by atoms with E-state index >= 15 is 0 Å². The van der Waals surface area contributed by atoms with Crippen LogP contribution in [0.25, 0.3) is 0 Å². The van der Waals surface area contributed by atoms with E-state index in [0.717, 1.165) is 128 Å². The predicted octanol–water partition coefficient (Wildman–Crippen LogP) is 16.9. The van der Waals surface area contributed by atoms with Gasteiger partial charge in [0.2, 0.25) is 0 Å². The molecule has 6 nitrogen and oxygen atoms in total. The molecule has 0 amide bonds. The molecular formula is C58H92O6. The average Bonchev–Trinajstić information content (AvgIpc) is 3.29. The summed E-state index contributed by atoms with van der Waals surface area (Å²) in [5.74, 6) is -0.967. The van der Waals surface area contributed by atoms with Crippen LogP contribution in [0.5, 0.6) is 0 Å². The zero-order valence-corrected chi connectivity index (χ0v) is 41.0. The van der Waals surface area contributed by atoms with Crippen LogP contribution in [0.4, 0.5) is 0 Å². The molecule has 0 aromatic heterocycles. The molecule has 360 valence electrons. The van der Waals surface area contributed by atoms with Crippen LogP contribution >= 0.6 is 0 Å². The molecule has 0 rings (SSSR count). The lowest BCUT2D eigenvalue weighted by Crippen LogP contribution is -2.30. The highest BCUT2D eigenvalue weighted by Gasteiger charge is 2.19. The number of hydrogen-bond donors (Lipinski definition) is 0. The molecule has 0 saturated heterocycles. The molecule has 0 aliphatic heterocycles. The molecule has 1 unspecified atom stereocenters. The summed E-state index contributed by atoms with van der Waals surface area (Å²) in [5, 5.41) is 0. The minimum absolute atomic E-state index is 0.105. The number of ether oxygens (including phenoxy) is 3. The van der Waals surface area contributed by atoms with Crippen molar-refractivity contribution < 1.29 is 28.6 Å². The topological polar surface area (TPSA) is 78.9 Å². The van der Waals surface area contributed by atoms with Crippen molar-refractivity contribution in [3.05, 3.63) is 122 Å². The minimum atomic E-state index is -0.806. The number of carbonyl (C=O) groups excluding carboxylic acids is 3. The first-order valence-corrected chi connectivity index (χ1v) is 25.7. The Balaban J connectivity index is 4.50. The Bertz CT molecular complexity index is 1390. The largest absolute Gasteiger partial charge is 0.462 e. The second kappa shape index (κ2) is 51.4. The van der Waals surface area contributed by atoms with Gasteiger partial charge in [0, 0.05) is 19.3 Å². The maximum absolute atomic E-state index is 12.8. The molecule has 0 aliphatic carbocycles. The van der Waals surface area contributed by atoms with E-state index in [4.69, 9.17) is 14.2 Å². The summed E-state index contributed by atoms with van der Waals surface area (Å²) < 4.78 is 16.8. The Morgan fingerprint density at radius 2 is 0.609 bits per heavy atom. The van der Waals surface area contributed by atoms with Crippen molar-refractivity contribution >= 4 is 17.9 Å². The Hall–Kier alpha value is -4.19. The highest BCUT2D eigenvalue weighted by molar-refractivity contribution is 5.71. The maximum Gasteiger partial charge on any atom is 0.306 e. The zero-order valence-electron chi connectivity index (χ0n) is 41.0. The lowest BCUT2D eigenvalue weighted by molar-refractivity contribution is -0.167. The Kier molecular flexibility index (Phi) is 48.1. The first kappa shape index (κ1) is 59.8. The van der Waals surface area contributed by atoms with Crippen molar-refractivity contribution in [3.8, 4) is 0 Å². The standard InChI is InChI=1S/C58H92O6/c1-4-7-10-13-16-19-22-25-27-28-29-31-33-36-39-42-45-48-51-57(60)63-54-55(53-62-56(59)50-47-44-41-38-35-32-24-21-18-15-12-9-6-3)64-58(61)52-49-46-43-40-37-34-30-26-23-20-17-14-11-8-5-2/h8-9,11-12,14-25,27-29,31,55H,4-7,10,13,26,30,32-54H2,1-3H3/b11-8-,12-9-,17-14-,18-15-,19-16-,23-20-,24-21-,25-22-,28-27-,31-29-. The van der Waals surface area contributed by atoms with Gasteiger partial charge in [-0.3, -0.25) is 14.4 Å². The van der Waals surface area contributed by atoms with Gasteiger partial charge in [-0.05, 0) is 83.5 Å². The normalized spacial score (nSPS) is 13.1. The fourth-order valence-electron chi connectivity index (χ4n) is 6.57. The number of hydrogen-bond acceptors (Lipinski definition) is 6. The third-order valence-electron chi connectivity index (χ3n) is 10.4. The Morgan fingerprint density at radius 1 is 0.328 bits per heavy atom. The summed E-state index contributed by atoms with van der Waals surface area (Å²) in [6.07, 6.45) is 70.3. The molecule has 64 heavy (non-hydrogen) atoms. The number of unbranched alkanes of at least 4 members (excludes halogenated alkanes) is 20. The number of allylic oxidation sites excluding steroid dienone is 20. The van der Waals surface area contributed by atoms with E-state index < -0.39 is 6.10 Å². The average molecular weight is 885 g/mol. The van der Waals surface area contributed by atoms with Gasteiger partial charge >= 0.3 is 17.9 Å². The molecule has 0 bridgehead atoms. The molecule has 0 radical (unpaired) electrons. The fraction of sp³-hybridized carbons (Fsp3) is 0.603. The van der Waals surface area contributed by atoms with Gasteiger partial charge in [0.25, 0.3) is 0 Å². The third-order valence-corrected chi connectivity index (χ3v) is 10.4. The van der Waals surface area contributed by atoms with Crippen molar-refractivity contribution in [3.63, 3.8) is 0 Å². The van der Waals surface area contributed by atoms with E-state index in [-0.39, 0.29) is 31.1 Å². The summed E-state index contributed by atoms with van der Waals surface area (Å²) in [6, 6.07) is 0. The van der Waals surface area contributed by atoms with E-state index in [9.17, 15) is 14.4 Å². The van der Waals surface area contributed by atoms with Crippen LogP contribution in [0.3, 0.4) is 0 Å². The van der Waals surface area contributed by atoms with E-state index in [2.05, 4.69) is 142 Å². The summed E-state index contributed by atoms with van der Waals surface area (Å²) in [6.45, 7) is 6.27. The van der Waals surface area contributed by atoms with Crippen LogP contribution in [0.2, 0.25) is 0 Å². The van der Waals surface area contributed by atoms with Gasteiger partial charge in [-0.1, -0.05) is 226 Å². The van der Waals surface area contributed by atoms with E-state index in [1.165, 1.54) is 38.5 Å². The second-order valence-corrected chi connectivity index (χ2v) is 16.5. The van der Waals surface area contributed by atoms with Crippen LogP contribution in [0, 0.1) is 0 Å².